The Morgan fingerprint density at radius 2 is 1.67 bits per heavy atom. The van der Waals surface area contributed by atoms with Crippen LogP contribution >= 0.6 is 0 Å². The molecule has 1 fully saturated rings. The minimum atomic E-state index is 0.351. The SMILES string of the molecule is CC1CCC(CNC(C)C)(CN(C)C(C)C(C)(C)C)CC1. The molecule has 0 saturated heterocycles. The molecule has 0 aromatic heterocycles. The first-order valence-corrected chi connectivity index (χ1v) is 8.99. The second-order valence-electron chi connectivity index (χ2n) is 9.18. The number of hydrogen-bond donors (Lipinski definition) is 1. The molecule has 126 valence electrons. The van der Waals surface area contributed by atoms with Crippen LogP contribution in [0.1, 0.15) is 74.1 Å². The maximum absolute atomic E-state index is 3.73. The van der Waals surface area contributed by atoms with Gasteiger partial charge in [0.15, 0.2) is 0 Å². The van der Waals surface area contributed by atoms with Crippen LogP contribution < -0.4 is 5.32 Å². The van der Waals surface area contributed by atoms with Crippen LogP contribution in [0.15, 0.2) is 0 Å². The van der Waals surface area contributed by atoms with E-state index in [2.05, 4.69) is 65.7 Å². The summed E-state index contributed by atoms with van der Waals surface area (Å²) in [6, 6.07) is 1.21. The summed E-state index contributed by atoms with van der Waals surface area (Å²) in [6.07, 6.45) is 5.57. The highest BCUT2D eigenvalue weighted by molar-refractivity contribution is 4.91. The summed E-state index contributed by atoms with van der Waals surface area (Å²) in [5, 5.41) is 3.73. The lowest BCUT2D eigenvalue weighted by Crippen LogP contribution is -2.50. The van der Waals surface area contributed by atoms with E-state index in [-0.39, 0.29) is 0 Å². The first-order chi connectivity index (χ1) is 9.56. The normalized spacial score (nSPS) is 29.1. The zero-order valence-corrected chi connectivity index (χ0v) is 15.9. The molecule has 0 aromatic carbocycles. The van der Waals surface area contributed by atoms with Crippen molar-refractivity contribution in [2.24, 2.45) is 16.7 Å². The summed E-state index contributed by atoms with van der Waals surface area (Å²) < 4.78 is 0. The summed E-state index contributed by atoms with van der Waals surface area (Å²) in [4.78, 5) is 2.61. The van der Waals surface area contributed by atoms with Gasteiger partial charge in [-0.05, 0) is 43.6 Å². The van der Waals surface area contributed by atoms with E-state index in [9.17, 15) is 0 Å². The highest BCUT2D eigenvalue weighted by Gasteiger charge is 2.37. The standard InChI is InChI=1S/C19H40N2/c1-15(2)20-13-19(11-9-16(3)10-12-19)14-21(8)17(4)18(5,6)7/h15-17,20H,9-14H2,1-8H3. The van der Waals surface area contributed by atoms with Gasteiger partial charge in [0, 0.05) is 25.2 Å². The van der Waals surface area contributed by atoms with Crippen LogP contribution in [0, 0.1) is 16.7 Å². The van der Waals surface area contributed by atoms with Crippen molar-refractivity contribution in [1.29, 1.82) is 0 Å². The molecule has 2 nitrogen and oxygen atoms in total. The molecule has 0 aromatic rings. The Morgan fingerprint density at radius 1 is 1.14 bits per heavy atom. The van der Waals surface area contributed by atoms with Gasteiger partial charge in [0.05, 0.1) is 0 Å². The van der Waals surface area contributed by atoms with Gasteiger partial charge in [-0.25, -0.2) is 0 Å². The molecule has 0 aliphatic heterocycles. The Kier molecular flexibility index (Phi) is 6.74. The van der Waals surface area contributed by atoms with E-state index in [4.69, 9.17) is 0 Å². The van der Waals surface area contributed by atoms with E-state index in [0.717, 1.165) is 5.92 Å². The largest absolute Gasteiger partial charge is 0.314 e. The molecule has 0 bridgehead atoms. The molecule has 21 heavy (non-hydrogen) atoms. The highest BCUT2D eigenvalue weighted by atomic mass is 15.1. The van der Waals surface area contributed by atoms with Crippen molar-refractivity contribution in [3.05, 3.63) is 0 Å². The smallest absolute Gasteiger partial charge is 0.0113 e. The van der Waals surface area contributed by atoms with Crippen molar-refractivity contribution in [2.75, 3.05) is 20.1 Å². The molecule has 1 N–H and O–H groups in total. The molecule has 0 amide bonds. The van der Waals surface area contributed by atoms with Crippen molar-refractivity contribution in [3.63, 3.8) is 0 Å². The lowest BCUT2D eigenvalue weighted by Gasteiger charge is -2.46. The summed E-state index contributed by atoms with van der Waals surface area (Å²) in [6.45, 7) is 18.8. The van der Waals surface area contributed by atoms with Crippen LogP contribution in [-0.2, 0) is 0 Å². The van der Waals surface area contributed by atoms with Gasteiger partial charge in [0.25, 0.3) is 0 Å². The third-order valence-electron chi connectivity index (χ3n) is 5.72. The molecular formula is C19H40N2. The molecule has 0 heterocycles. The topological polar surface area (TPSA) is 15.3 Å². The fourth-order valence-corrected chi connectivity index (χ4v) is 3.51. The van der Waals surface area contributed by atoms with E-state index in [0.29, 0.717) is 22.9 Å². The first kappa shape index (κ1) is 19.0. The van der Waals surface area contributed by atoms with Crippen LogP contribution in [-0.4, -0.2) is 37.1 Å². The van der Waals surface area contributed by atoms with Crippen molar-refractivity contribution in [3.8, 4) is 0 Å². The summed E-state index contributed by atoms with van der Waals surface area (Å²) in [7, 11) is 2.32. The molecule has 1 atom stereocenters. The van der Waals surface area contributed by atoms with Crippen LogP contribution in [0.3, 0.4) is 0 Å². The summed E-state index contributed by atoms with van der Waals surface area (Å²) in [5.74, 6) is 0.919. The molecular weight excluding hydrogens is 256 g/mol. The fourth-order valence-electron chi connectivity index (χ4n) is 3.51. The van der Waals surface area contributed by atoms with Crippen LogP contribution in [0.5, 0.6) is 0 Å². The van der Waals surface area contributed by atoms with Crippen LogP contribution in [0.4, 0.5) is 0 Å². The fraction of sp³-hybridized carbons (Fsp3) is 1.00. The Hall–Kier alpha value is -0.0800. The van der Waals surface area contributed by atoms with Crippen molar-refractivity contribution in [1.82, 2.24) is 10.2 Å². The molecule has 2 heteroatoms. The van der Waals surface area contributed by atoms with Gasteiger partial charge in [-0.3, -0.25) is 0 Å². The quantitative estimate of drug-likeness (QED) is 0.773. The van der Waals surface area contributed by atoms with Gasteiger partial charge < -0.3 is 10.2 Å². The maximum atomic E-state index is 3.73. The Morgan fingerprint density at radius 3 is 2.10 bits per heavy atom. The zero-order chi connectivity index (χ0) is 16.3. The van der Waals surface area contributed by atoms with Gasteiger partial charge in [-0.1, -0.05) is 54.4 Å². The third-order valence-corrected chi connectivity index (χ3v) is 5.72. The summed E-state index contributed by atoms with van der Waals surface area (Å²) >= 11 is 0. The van der Waals surface area contributed by atoms with Crippen molar-refractivity contribution in [2.45, 2.75) is 86.2 Å². The molecule has 1 saturated carbocycles. The maximum Gasteiger partial charge on any atom is 0.0113 e. The Labute approximate surface area is 134 Å². The van der Waals surface area contributed by atoms with Crippen molar-refractivity contribution >= 4 is 0 Å². The average Bonchev–Trinajstić information content (AvgIpc) is 2.38. The van der Waals surface area contributed by atoms with E-state index in [1.807, 2.05) is 0 Å². The molecule has 1 aliphatic carbocycles. The summed E-state index contributed by atoms with van der Waals surface area (Å²) in [5.41, 5.74) is 0.828. The van der Waals surface area contributed by atoms with E-state index in [1.165, 1.54) is 38.8 Å². The Bertz CT molecular complexity index is 295. The monoisotopic (exact) mass is 296 g/mol. The number of nitrogens with one attached hydrogen (secondary N) is 1. The predicted octanol–water partition coefficient (Wildman–Crippen LogP) is 4.55. The molecule has 1 aliphatic rings. The second kappa shape index (κ2) is 7.46. The van der Waals surface area contributed by atoms with Gasteiger partial charge in [-0.15, -0.1) is 0 Å². The van der Waals surface area contributed by atoms with Crippen LogP contribution in [0.2, 0.25) is 0 Å². The molecule has 1 rings (SSSR count). The van der Waals surface area contributed by atoms with E-state index in [1.54, 1.807) is 0 Å². The minimum Gasteiger partial charge on any atom is -0.314 e. The lowest BCUT2D eigenvalue weighted by molar-refractivity contribution is 0.0499. The zero-order valence-electron chi connectivity index (χ0n) is 15.9. The molecule has 0 spiro atoms. The lowest BCUT2D eigenvalue weighted by atomic mass is 9.70. The average molecular weight is 297 g/mol. The van der Waals surface area contributed by atoms with Gasteiger partial charge in [-0.2, -0.15) is 0 Å². The van der Waals surface area contributed by atoms with Crippen LogP contribution in [0.25, 0.3) is 0 Å². The molecule has 0 radical (unpaired) electrons. The van der Waals surface area contributed by atoms with Gasteiger partial charge in [0.1, 0.15) is 0 Å². The highest BCUT2D eigenvalue weighted by Crippen LogP contribution is 2.40. The number of hydrogen-bond acceptors (Lipinski definition) is 2. The van der Waals surface area contributed by atoms with Crippen molar-refractivity contribution < 1.29 is 0 Å². The first-order valence-electron chi connectivity index (χ1n) is 8.99. The number of rotatable bonds is 6. The van der Waals surface area contributed by atoms with E-state index >= 15 is 0 Å². The predicted molar refractivity (Wildman–Crippen MR) is 94.8 cm³/mol. The second-order valence-corrected chi connectivity index (χ2v) is 9.18. The minimum absolute atomic E-state index is 0.351. The third kappa shape index (κ3) is 5.90. The van der Waals surface area contributed by atoms with E-state index < -0.39 is 0 Å². The molecule has 1 unspecified atom stereocenters. The van der Waals surface area contributed by atoms with Gasteiger partial charge >= 0.3 is 0 Å². The number of nitrogens with zero attached hydrogens (tertiary/aromatic N) is 1. The Balaban J connectivity index is 2.73. The van der Waals surface area contributed by atoms with Gasteiger partial charge in [0.2, 0.25) is 0 Å².